The second-order valence-corrected chi connectivity index (χ2v) is 9.39. The molecule has 0 radical (unpaired) electrons. The Hall–Kier alpha value is -2.43. The van der Waals surface area contributed by atoms with Crippen molar-refractivity contribution >= 4 is 43.9 Å². The highest BCUT2D eigenvalue weighted by molar-refractivity contribution is 7.94. The number of H-pyrrole nitrogens is 1. The maximum atomic E-state index is 13.1. The number of carbonyl (C=O) groups is 1. The predicted molar refractivity (Wildman–Crippen MR) is 108 cm³/mol. The summed E-state index contributed by atoms with van der Waals surface area (Å²) < 4.78 is 28.0. The fourth-order valence-electron chi connectivity index (χ4n) is 2.94. The number of aromatic amines is 1. The molecule has 8 nitrogen and oxygen atoms in total. The van der Waals surface area contributed by atoms with Crippen LogP contribution in [0.1, 0.15) is 32.1 Å². The van der Waals surface area contributed by atoms with Gasteiger partial charge in [0.15, 0.2) is 0 Å². The second-order valence-electron chi connectivity index (χ2n) is 6.35. The highest BCUT2D eigenvalue weighted by Gasteiger charge is 2.25. The first-order valence-electron chi connectivity index (χ1n) is 8.94. The summed E-state index contributed by atoms with van der Waals surface area (Å²) in [6.07, 6.45) is 4.79. The monoisotopic (exact) mass is 422 g/mol. The Morgan fingerprint density at radius 2 is 2.04 bits per heavy atom. The number of benzene rings is 1. The molecule has 3 aromatic rings. The van der Waals surface area contributed by atoms with Crippen LogP contribution in [-0.4, -0.2) is 36.3 Å². The van der Waals surface area contributed by atoms with Gasteiger partial charge in [0.25, 0.3) is 10.0 Å². The van der Waals surface area contributed by atoms with E-state index < -0.39 is 15.9 Å². The van der Waals surface area contributed by atoms with Gasteiger partial charge in [-0.2, -0.15) is 5.10 Å². The fourth-order valence-corrected chi connectivity index (χ4v) is 5.54. The molecule has 0 atom stereocenters. The van der Waals surface area contributed by atoms with Gasteiger partial charge in [-0.3, -0.25) is 19.4 Å². The Bertz CT molecular complexity index is 1020. The van der Waals surface area contributed by atoms with Gasteiger partial charge in [0.05, 0.1) is 17.4 Å². The van der Waals surface area contributed by atoms with Gasteiger partial charge in [-0.25, -0.2) is 13.9 Å². The number of nitrogens with zero attached hydrogens (tertiary/aromatic N) is 2. The maximum Gasteiger partial charge on any atom is 0.273 e. The van der Waals surface area contributed by atoms with Gasteiger partial charge in [-0.05, 0) is 42.5 Å². The summed E-state index contributed by atoms with van der Waals surface area (Å²) in [6, 6.07) is 8.74. The van der Waals surface area contributed by atoms with Crippen LogP contribution < -0.4 is 9.79 Å². The first kappa shape index (κ1) is 20.3. The number of rotatable bonds is 10. The van der Waals surface area contributed by atoms with Gasteiger partial charge in [-0.15, -0.1) is 11.3 Å². The molecule has 0 aliphatic rings. The van der Waals surface area contributed by atoms with E-state index >= 15 is 0 Å². The quantitative estimate of drug-likeness (QED) is 0.263. The van der Waals surface area contributed by atoms with Crippen LogP contribution in [0.5, 0.6) is 0 Å². The lowest BCUT2D eigenvalue weighted by atomic mass is 10.1. The summed E-state index contributed by atoms with van der Waals surface area (Å²) in [5, 5.41) is 17.9. The smallest absolute Gasteiger partial charge is 0.273 e. The van der Waals surface area contributed by atoms with E-state index in [9.17, 15) is 13.2 Å². The van der Waals surface area contributed by atoms with E-state index in [0.717, 1.165) is 23.7 Å². The summed E-state index contributed by atoms with van der Waals surface area (Å²) in [6.45, 7) is 0.343. The van der Waals surface area contributed by atoms with Crippen LogP contribution in [-0.2, 0) is 14.8 Å². The fraction of sp³-hybridized carbons (Fsp3) is 0.333. The normalized spacial score (nSPS) is 11.6. The number of aromatic nitrogens is 2. The van der Waals surface area contributed by atoms with E-state index in [-0.39, 0.29) is 6.42 Å². The molecule has 0 unspecified atom stereocenters. The first-order valence-corrected chi connectivity index (χ1v) is 11.3. The number of amides is 1. The molecule has 3 rings (SSSR count). The van der Waals surface area contributed by atoms with Crippen molar-refractivity contribution in [2.75, 3.05) is 10.8 Å². The SMILES string of the molecule is O=C(CCCCCCN(c1ccc2[nH]ncc2c1)S(=O)(=O)c1cccs1)NO. The molecule has 150 valence electrons. The number of nitrogens with one attached hydrogen (secondary N) is 2. The lowest BCUT2D eigenvalue weighted by Crippen LogP contribution is -2.31. The number of hydroxylamine groups is 1. The van der Waals surface area contributed by atoms with Gasteiger partial charge >= 0.3 is 0 Å². The molecule has 0 aliphatic heterocycles. The van der Waals surface area contributed by atoms with Crippen molar-refractivity contribution in [3.63, 3.8) is 0 Å². The summed E-state index contributed by atoms with van der Waals surface area (Å²) in [4.78, 5) is 11.0. The number of carbonyl (C=O) groups excluding carboxylic acids is 1. The summed E-state index contributed by atoms with van der Waals surface area (Å²) in [5.41, 5.74) is 3.06. The van der Waals surface area contributed by atoms with Crippen molar-refractivity contribution in [2.45, 2.75) is 36.3 Å². The number of sulfonamides is 1. The van der Waals surface area contributed by atoms with Crippen LogP contribution in [0.2, 0.25) is 0 Å². The highest BCUT2D eigenvalue weighted by atomic mass is 32.2. The van der Waals surface area contributed by atoms with Crippen molar-refractivity contribution in [1.29, 1.82) is 0 Å². The predicted octanol–water partition coefficient (Wildman–Crippen LogP) is 3.28. The number of thiophene rings is 1. The average Bonchev–Trinajstić information content (AvgIpc) is 3.38. The standard InChI is InChI=1S/C18H22N4O4S2/c23-17(21-24)6-3-1-2-4-10-22(28(25,26)18-7-5-11-27-18)15-8-9-16-14(12-15)13-19-20-16/h5,7-9,11-13,24H,1-4,6,10H2,(H,19,20)(H,21,23). The van der Waals surface area contributed by atoms with Crippen LogP contribution in [0.15, 0.2) is 46.1 Å². The Labute approximate surface area is 167 Å². The third kappa shape index (κ3) is 4.70. The van der Waals surface area contributed by atoms with E-state index in [1.54, 1.807) is 35.3 Å². The van der Waals surface area contributed by atoms with Gasteiger partial charge in [-0.1, -0.05) is 18.9 Å². The number of anilines is 1. The lowest BCUT2D eigenvalue weighted by Gasteiger charge is -2.24. The van der Waals surface area contributed by atoms with Gasteiger partial charge in [0.2, 0.25) is 5.91 Å². The van der Waals surface area contributed by atoms with E-state index in [2.05, 4.69) is 10.2 Å². The van der Waals surface area contributed by atoms with E-state index in [0.29, 0.717) is 29.3 Å². The van der Waals surface area contributed by atoms with Gasteiger partial charge < -0.3 is 0 Å². The topological polar surface area (TPSA) is 115 Å². The van der Waals surface area contributed by atoms with Crippen molar-refractivity contribution in [3.8, 4) is 0 Å². The molecule has 0 saturated carbocycles. The molecule has 2 aromatic heterocycles. The summed E-state index contributed by atoms with van der Waals surface area (Å²) >= 11 is 1.19. The summed E-state index contributed by atoms with van der Waals surface area (Å²) in [7, 11) is -3.65. The summed E-state index contributed by atoms with van der Waals surface area (Å²) in [5.74, 6) is -0.407. The first-order chi connectivity index (χ1) is 13.5. The van der Waals surface area contributed by atoms with Crippen LogP contribution >= 0.6 is 11.3 Å². The van der Waals surface area contributed by atoms with Gasteiger partial charge in [0, 0.05) is 18.4 Å². The molecule has 28 heavy (non-hydrogen) atoms. The van der Waals surface area contributed by atoms with E-state index in [4.69, 9.17) is 5.21 Å². The number of hydrogen-bond acceptors (Lipinski definition) is 6. The zero-order valence-electron chi connectivity index (χ0n) is 15.2. The number of fused-ring (bicyclic) bond motifs is 1. The molecule has 0 fully saturated rings. The second kappa shape index (κ2) is 9.18. The lowest BCUT2D eigenvalue weighted by molar-refractivity contribution is -0.129. The van der Waals surface area contributed by atoms with Crippen LogP contribution in [0.3, 0.4) is 0 Å². The zero-order chi connectivity index (χ0) is 20.0. The Morgan fingerprint density at radius 1 is 1.21 bits per heavy atom. The zero-order valence-corrected chi connectivity index (χ0v) is 16.8. The Kier molecular flexibility index (Phi) is 6.65. The molecule has 10 heteroatoms. The van der Waals surface area contributed by atoms with Crippen LogP contribution in [0, 0.1) is 0 Å². The largest absolute Gasteiger partial charge is 0.289 e. The molecule has 1 amide bonds. The molecule has 0 aliphatic carbocycles. The Balaban J connectivity index is 1.73. The van der Waals surface area contributed by atoms with E-state index in [1.807, 2.05) is 12.1 Å². The molecule has 3 N–H and O–H groups in total. The van der Waals surface area contributed by atoms with Crippen LogP contribution in [0.25, 0.3) is 10.9 Å². The number of hydrogen-bond donors (Lipinski definition) is 3. The molecule has 2 heterocycles. The third-order valence-corrected chi connectivity index (χ3v) is 7.59. The maximum absolute atomic E-state index is 13.1. The molecular formula is C18H22N4O4S2. The van der Waals surface area contributed by atoms with Gasteiger partial charge in [0.1, 0.15) is 4.21 Å². The molecule has 0 bridgehead atoms. The van der Waals surface area contributed by atoms with Crippen molar-refractivity contribution in [3.05, 3.63) is 41.9 Å². The van der Waals surface area contributed by atoms with Crippen molar-refractivity contribution in [1.82, 2.24) is 15.7 Å². The third-order valence-electron chi connectivity index (χ3n) is 4.39. The minimum atomic E-state index is -3.65. The molecular weight excluding hydrogens is 400 g/mol. The molecule has 1 aromatic carbocycles. The highest BCUT2D eigenvalue weighted by Crippen LogP contribution is 2.29. The van der Waals surface area contributed by atoms with E-state index in [1.165, 1.54) is 15.6 Å². The minimum Gasteiger partial charge on any atom is -0.289 e. The average molecular weight is 423 g/mol. The van der Waals surface area contributed by atoms with Crippen LogP contribution in [0.4, 0.5) is 5.69 Å². The minimum absolute atomic E-state index is 0.255. The molecule has 0 saturated heterocycles. The number of unbranched alkanes of at least 4 members (excludes halogenated alkanes) is 3. The Morgan fingerprint density at radius 3 is 2.79 bits per heavy atom. The van der Waals surface area contributed by atoms with Crippen molar-refractivity contribution < 1.29 is 18.4 Å². The van der Waals surface area contributed by atoms with Crippen molar-refractivity contribution in [2.24, 2.45) is 0 Å². The molecule has 0 spiro atoms.